The molecule has 1 aromatic heterocycles. The lowest BCUT2D eigenvalue weighted by Gasteiger charge is -2.29. The molecule has 1 N–H and O–H groups in total. The molecule has 1 aromatic carbocycles. The maximum atomic E-state index is 12.7. The number of rotatable bonds is 3. The lowest BCUT2D eigenvalue weighted by molar-refractivity contribution is 0.210. The third kappa shape index (κ3) is 2.68. The average Bonchev–Trinajstić information content (AvgIpc) is 2.86. The summed E-state index contributed by atoms with van der Waals surface area (Å²) in [6.45, 7) is 4.16. The number of nitrogens with zero attached hydrogens (tertiary/aromatic N) is 2. The van der Waals surface area contributed by atoms with Crippen molar-refractivity contribution in [2.45, 2.75) is 32.2 Å². The Labute approximate surface area is 125 Å². The first-order chi connectivity index (χ1) is 10.2. The summed E-state index contributed by atoms with van der Waals surface area (Å²) in [5.74, 6) is 0. The highest BCUT2D eigenvalue weighted by Gasteiger charge is 2.23. The van der Waals surface area contributed by atoms with Crippen LogP contribution < -0.4 is 5.56 Å². The van der Waals surface area contributed by atoms with Gasteiger partial charge in [0.05, 0.1) is 11.7 Å². The Bertz CT molecular complexity index is 648. The number of piperidine rings is 1. The van der Waals surface area contributed by atoms with Gasteiger partial charge in [-0.1, -0.05) is 37.3 Å². The number of likely N-dealkylation sites (tertiary alicyclic amines) is 1. The Morgan fingerprint density at radius 1 is 1.19 bits per heavy atom. The molecule has 0 saturated carbocycles. The molecule has 1 aliphatic rings. The molecule has 0 bridgehead atoms. The van der Waals surface area contributed by atoms with Crippen LogP contribution in [0.15, 0.2) is 35.1 Å². The molecule has 112 valence electrons. The maximum Gasteiger partial charge on any atom is 0.270 e. The summed E-state index contributed by atoms with van der Waals surface area (Å²) in [5.41, 5.74) is 3.14. The summed E-state index contributed by atoms with van der Waals surface area (Å²) >= 11 is 0. The maximum absolute atomic E-state index is 12.7. The highest BCUT2D eigenvalue weighted by atomic mass is 16.1. The first-order valence-electron chi connectivity index (χ1n) is 7.78. The molecule has 0 amide bonds. The van der Waals surface area contributed by atoms with Gasteiger partial charge in [-0.2, -0.15) is 0 Å². The van der Waals surface area contributed by atoms with Gasteiger partial charge in [0.25, 0.3) is 5.56 Å². The minimum Gasteiger partial charge on any atom is -0.306 e. The molecular weight excluding hydrogens is 262 g/mol. The number of H-pyrrole nitrogens is 1. The molecule has 1 aliphatic heterocycles. The molecule has 0 radical (unpaired) electrons. The zero-order valence-corrected chi connectivity index (χ0v) is 12.8. The number of hydrogen-bond acceptors (Lipinski definition) is 2. The molecule has 0 spiro atoms. The summed E-state index contributed by atoms with van der Waals surface area (Å²) < 4.78 is 1.87. The molecule has 4 nitrogen and oxygen atoms in total. The van der Waals surface area contributed by atoms with Crippen molar-refractivity contribution in [3.63, 3.8) is 0 Å². The van der Waals surface area contributed by atoms with Crippen LogP contribution in [0.2, 0.25) is 0 Å². The van der Waals surface area contributed by atoms with Crippen LogP contribution in [-0.4, -0.2) is 34.8 Å². The zero-order chi connectivity index (χ0) is 14.8. The van der Waals surface area contributed by atoms with Gasteiger partial charge in [-0.3, -0.25) is 9.89 Å². The van der Waals surface area contributed by atoms with E-state index < -0.39 is 0 Å². The average molecular weight is 285 g/mol. The van der Waals surface area contributed by atoms with Crippen molar-refractivity contribution in [1.82, 2.24) is 14.7 Å². The molecular formula is C17H23N3O. The van der Waals surface area contributed by atoms with Gasteiger partial charge in [-0.25, -0.2) is 4.68 Å². The molecule has 1 fully saturated rings. The van der Waals surface area contributed by atoms with Gasteiger partial charge in [0.2, 0.25) is 0 Å². The Hall–Kier alpha value is -1.81. The minimum atomic E-state index is 0.158. The lowest BCUT2D eigenvalue weighted by Crippen LogP contribution is -2.35. The molecule has 0 atom stereocenters. The van der Waals surface area contributed by atoms with Crippen LogP contribution in [0.1, 0.15) is 31.4 Å². The Kier molecular flexibility index (Phi) is 3.97. The van der Waals surface area contributed by atoms with Crippen molar-refractivity contribution in [1.29, 1.82) is 0 Å². The van der Waals surface area contributed by atoms with Crippen LogP contribution in [-0.2, 0) is 6.42 Å². The highest BCUT2D eigenvalue weighted by molar-refractivity contribution is 5.62. The van der Waals surface area contributed by atoms with Crippen LogP contribution in [0.4, 0.5) is 0 Å². The molecule has 3 rings (SSSR count). The fourth-order valence-corrected chi connectivity index (χ4v) is 3.17. The third-order valence-electron chi connectivity index (χ3n) is 4.48. The summed E-state index contributed by atoms with van der Waals surface area (Å²) in [4.78, 5) is 15.0. The summed E-state index contributed by atoms with van der Waals surface area (Å²) in [5, 5.41) is 3.39. The van der Waals surface area contributed by atoms with E-state index in [9.17, 15) is 4.79 Å². The quantitative estimate of drug-likeness (QED) is 0.942. The predicted molar refractivity (Wildman–Crippen MR) is 85.6 cm³/mol. The van der Waals surface area contributed by atoms with Crippen molar-refractivity contribution in [3.05, 3.63) is 46.2 Å². The van der Waals surface area contributed by atoms with E-state index in [2.05, 4.69) is 36.1 Å². The first-order valence-corrected chi connectivity index (χ1v) is 7.78. The SMILES string of the molecule is CCc1c(-c2ccccc2)[nH]n(C2CCN(C)CC2)c1=O. The Morgan fingerprint density at radius 3 is 2.48 bits per heavy atom. The lowest BCUT2D eigenvalue weighted by atomic mass is 10.1. The van der Waals surface area contributed by atoms with Gasteiger partial charge in [0.1, 0.15) is 0 Å². The van der Waals surface area contributed by atoms with E-state index in [1.165, 1.54) is 0 Å². The fourth-order valence-electron chi connectivity index (χ4n) is 3.17. The number of hydrogen-bond donors (Lipinski definition) is 1. The van der Waals surface area contributed by atoms with Crippen molar-refractivity contribution >= 4 is 0 Å². The Balaban J connectivity index is 2.00. The number of benzene rings is 1. The van der Waals surface area contributed by atoms with Crippen LogP contribution >= 0.6 is 0 Å². The van der Waals surface area contributed by atoms with E-state index in [-0.39, 0.29) is 5.56 Å². The largest absolute Gasteiger partial charge is 0.306 e. The summed E-state index contributed by atoms with van der Waals surface area (Å²) in [6, 6.07) is 10.4. The molecule has 2 aromatic rings. The van der Waals surface area contributed by atoms with Crippen LogP contribution in [0.3, 0.4) is 0 Å². The Morgan fingerprint density at radius 2 is 1.86 bits per heavy atom. The smallest absolute Gasteiger partial charge is 0.270 e. The van der Waals surface area contributed by atoms with Crippen molar-refractivity contribution in [2.24, 2.45) is 0 Å². The number of nitrogens with one attached hydrogen (secondary N) is 1. The zero-order valence-electron chi connectivity index (χ0n) is 12.8. The molecule has 0 aliphatic carbocycles. The topological polar surface area (TPSA) is 41.0 Å². The summed E-state index contributed by atoms with van der Waals surface area (Å²) in [7, 11) is 2.14. The molecule has 2 heterocycles. The van der Waals surface area contributed by atoms with Crippen molar-refractivity contribution in [2.75, 3.05) is 20.1 Å². The van der Waals surface area contributed by atoms with Crippen LogP contribution in [0, 0.1) is 0 Å². The second kappa shape index (κ2) is 5.90. The predicted octanol–water partition coefficient (Wildman–Crippen LogP) is 2.67. The standard InChI is InChI=1S/C17H23N3O/c1-3-15-16(13-7-5-4-6-8-13)18-20(17(15)21)14-9-11-19(2)12-10-14/h4-8,14,18H,3,9-12H2,1-2H3. The van der Waals surface area contributed by atoms with Crippen LogP contribution in [0.5, 0.6) is 0 Å². The first kappa shape index (κ1) is 14.1. The van der Waals surface area contributed by atoms with E-state index in [0.717, 1.165) is 49.2 Å². The second-order valence-electron chi connectivity index (χ2n) is 5.89. The van der Waals surface area contributed by atoms with E-state index in [1.807, 2.05) is 22.9 Å². The van der Waals surface area contributed by atoms with E-state index in [1.54, 1.807) is 0 Å². The monoisotopic (exact) mass is 285 g/mol. The molecule has 21 heavy (non-hydrogen) atoms. The normalized spacial score (nSPS) is 17.2. The van der Waals surface area contributed by atoms with Gasteiger partial charge in [-0.15, -0.1) is 0 Å². The van der Waals surface area contributed by atoms with E-state index in [0.29, 0.717) is 6.04 Å². The highest BCUT2D eigenvalue weighted by Crippen LogP contribution is 2.24. The number of aromatic nitrogens is 2. The van der Waals surface area contributed by atoms with Gasteiger partial charge in [-0.05, 0) is 45.0 Å². The fraction of sp³-hybridized carbons (Fsp3) is 0.471. The van der Waals surface area contributed by atoms with Crippen molar-refractivity contribution < 1.29 is 0 Å². The van der Waals surface area contributed by atoms with E-state index >= 15 is 0 Å². The van der Waals surface area contributed by atoms with Gasteiger partial charge >= 0.3 is 0 Å². The third-order valence-corrected chi connectivity index (χ3v) is 4.48. The molecule has 1 saturated heterocycles. The van der Waals surface area contributed by atoms with E-state index in [4.69, 9.17) is 0 Å². The van der Waals surface area contributed by atoms with Gasteiger partial charge in [0, 0.05) is 5.56 Å². The van der Waals surface area contributed by atoms with Crippen LogP contribution in [0.25, 0.3) is 11.3 Å². The molecule has 0 unspecified atom stereocenters. The minimum absolute atomic E-state index is 0.158. The summed E-state index contributed by atoms with van der Waals surface area (Å²) in [6.07, 6.45) is 2.84. The van der Waals surface area contributed by atoms with Gasteiger partial charge < -0.3 is 4.90 Å². The molecule has 4 heteroatoms. The number of aromatic amines is 1. The second-order valence-corrected chi connectivity index (χ2v) is 5.89. The van der Waals surface area contributed by atoms with Gasteiger partial charge in [0.15, 0.2) is 0 Å². The van der Waals surface area contributed by atoms with Crippen molar-refractivity contribution in [3.8, 4) is 11.3 Å².